The molecule has 3 heterocycles. The van der Waals surface area contributed by atoms with Crippen LogP contribution in [-0.4, -0.2) is 20.5 Å². The summed E-state index contributed by atoms with van der Waals surface area (Å²) in [6.07, 6.45) is 9.84. The van der Waals surface area contributed by atoms with Gasteiger partial charge in [-0.15, -0.1) is 0 Å². The number of aromatic nitrogens is 3. The van der Waals surface area contributed by atoms with Crippen LogP contribution in [0.25, 0.3) is 45.0 Å². The first-order valence-electron chi connectivity index (χ1n) is 19.4. The van der Waals surface area contributed by atoms with Gasteiger partial charge in [0.2, 0.25) is 0 Å². The molecule has 1 atom stereocenters. The average molecular weight is 699 g/mol. The third-order valence-electron chi connectivity index (χ3n) is 11.0. The monoisotopic (exact) mass is 698 g/mol. The third kappa shape index (κ3) is 7.29. The Morgan fingerprint density at radius 1 is 0.566 bits per heavy atom. The molecule has 1 unspecified atom stereocenters. The van der Waals surface area contributed by atoms with Crippen LogP contribution in [-0.2, 0) is 10.8 Å². The first-order chi connectivity index (χ1) is 25.4. The highest BCUT2D eigenvalue weighted by Gasteiger charge is 2.40. The standard InChI is InChI=1S/C49H54N4/c1-9-10-11-14-27-49(8)41-32-36(47(2,3)4)21-25-39(41)40-26-24-38(33-42(40)49)53(48(5,6)7)37-22-19-34(20-23-37)35-30-45(43-17-12-15-28-50-43)52-46(31-35)44-18-13-16-29-51-44/h12-13,15-26,28-33H,9-11,14,27H2,1-8H3. The van der Waals surface area contributed by atoms with E-state index in [1.165, 1.54) is 64.9 Å². The van der Waals surface area contributed by atoms with Crippen LogP contribution in [0.4, 0.5) is 11.4 Å². The number of benzene rings is 3. The van der Waals surface area contributed by atoms with Gasteiger partial charge in [-0.1, -0.05) is 109 Å². The van der Waals surface area contributed by atoms with Crippen LogP contribution in [0.3, 0.4) is 0 Å². The van der Waals surface area contributed by atoms with Gasteiger partial charge in [0.05, 0.1) is 22.8 Å². The topological polar surface area (TPSA) is 41.9 Å². The van der Waals surface area contributed by atoms with Crippen molar-refractivity contribution in [3.8, 4) is 45.0 Å². The summed E-state index contributed by atoms with van der Waals surface area (Å²) in [7, 11) is 0. The van der Waals surface area contributed by atoms with Crippen molar-refractivity contribution in [2.75, 3.05) is 4.90 Å². The van der Waals surface area contributed by atoms with Crippen molar-refractivity contribution in [1.82, 2.24) is 15.0 Å². The zero-order valence-electron chi connectivity index (χ0n) is 32.9. The number of hydrogen-bond donors (Lipinski definition) is 0. The lowest BCUT2D eigenvalue weighted by Gasteiger charge is -2.39. The summed E-state index contributed by atoms with van der Waals surface area (Å²) in [4.78, 5) is 16.7. The molecule has 0 saturated heterocycles. The van der Waals surface area contributed by atoms with E-state index in [9.17, 15) is 0 Å². The molecule has 4 heteroatoms. The minimum Gasteiger partial charge on any atom is -0.336 e. The van der Waals surface area contributed by atoms with E-state index in [0.717, 1.165) is 40.3 Å². The molecule has 0 amide bonds. The Morgan fingerprint density at radius 3 is 1.70 bits per heavy atom. The fourth-order valence-electron chi connectivity index (χ4n) is 8.10. The molecule has 7 rings (SSSR count). The highest BCUT2D eigenvalue weighted by molar-refractivity contribution is 5.84. The van der Waals surface area contributed by atoms with Gasteiger partial charge < -0.3 is 4.90 Å². The third-order valence-corrected chi connectivity index (χ3v) is 11.0. The van der Waals surface area contributed by atoms with Gasteiger partial charge in [0.15, 0.2) is 0 Å². The number of anilines is 2. The summed E-state index contributed by atoms with van der Waals surface area (Å²) in [5.41, 5.74) is 15.0. The highest BCUT2D eigenvalue weighted by atomic mass is 15.2. The summed E-state index contributed by atoms with van der Waals surface area (Å²) >= 11 is 0. The van der Waals surface area contributed by atoms with E-state index in [1.54, 1.807) is 0 Å². The molecule has 1 aliphatic carbocycles. The zero-order valence-corrected chi connectivity index (χ0v) is 32.9. The molecule has 53 heavy (non-hydrogen) atoms. The molecule has 1 aliphatic rings. The van der Waals surface area contributed by atoms with Crippen LogP contribution in [0.5, 0.6) is 0 Å². The van der Waals surface area contributed by atoms with Gasteiger partial charge in [0.1, 0.15) is 0 Å². The van der Waals surface area contributed by atoms with E-state index in [4.69, 9.17) is 4.98 Å². The van der Waals surface area contributed by atoms with Gasteiger partial charge in [0.25, 0.3) is 0 Å². The van der Waals surface area contributed by atoms with Crippen molar-refractivity contribution in [3.05, 3.63) is 138 Å². The summed E-state index contributed by atoms with van der Waals surface area (Å²) < 4.78 is 0. The average Bonchev–Trinajstić information content (AvgIpc) is 3.40. The lowest BCUT2D eigenvalue weighted by Crippen LogP contribution is -2.37. The van der Waals surface area contributed by atoms with Crippen LogP contribution in [0.1, 0.15) is 104 Å². The molecular weight excluding hydrogens is 645 g/mol. The Balaban J connectivity index is 1.28. The maximum atomic E-state index is 4.98. The lowest BCUT2D eigenvalue weighted by atomic mass is 9.74. The maximum absolute atomic E-state index is 4.98. The molecule has 0 bridgehead atoms. The predicted molar refractivity (Wildman–Crippen MR) is 224 cm³/mol. The Kier molecular flexibility index (Phi) is 9.84. The molecule has 3 aromatic heterocycles. The van der Waals surface area contributed by atoms with E-state index in [1.807, 2.05) is 48.8 Å². The van der Waals surface area contributed by atoms with Crippen molar-refractivity contribution < 1.29 is 0 Å². The zero-order chi connectivity index (χ0) is 37.4. The van der Waals surface area contributed by atoms with Crippen molar-refractivity contribution in [3.63, 3.8) is 0 Å². The Hall–Kier alpha value is -5.09. The summed E-state index contributed by atoms with van der Waals surface area (Å²) in [6, 6.07) is 39.7. The first-order valence-corrected chi connectivity index (χ1v) is 19.4. The van der Waals surface area contributed by atoms with Crippen LogP contribution >= 0.6 is 0 Å². The minimum absolute atomic E-state index is 0.0406. The number of unbranched alkanes of at least 4 members (excludes halogenated alkanes) is 3. The van der Waals surface area contributed by atoms with E-state index in [-0.39, 0.29) is 16.4 Å². The van der Waals surface area contributed by atoms with Crippen LogP contribution in [0, 0.1) is 0 Å². The van der Waals surface area contributed by atoms with E-state index in [0.29, 0.717) is 0 Å². The van der Waals surface area contributed by atoms with Gasteiger partial charge >= 0.3 is 0 Å². The van der Waals surface area contributed by atoms with Gasteiger partial charge in [-0.05, 0) is 132 Å². The van der Waals surface area contributed by atoms with Crippen LogP contribution in [0.2, 0.25) is 0 Å². The van der Waals surface area contributed by atoms with Gasteiger partial charge in [-0.25, -0.2) is 4.98 Å². The summed E-state index contributed by atoms with van der Waals surface area (Å²) in [6.45, 7) is 18.7. The molecule has 270 valence electrons. The second kappa shape index (κ2) is 14.4. The first kappa shape index (κ1) is 36.3. The van der Waals surface area contributed by atoms with Gasteiger partial charge in [0, 0.05) is 34.7 Å². The Labute approximate surface area is 317 Å². The fraction of sp³-hybridized carbons (Fsp3) is 0.327. The number of nitrogens with zero attached hydrogens (tertiary/aromatic N) is 4. The molecule has 0 radical (unpaired) electrons. The molecule has 0 spiro atoms. The number of fused-ring (bicyclic) bond motifs is 3. The lowest BCUT2D eigenvalue weighted by molar-refractivity contribution is 0.484. The highest BCUT2D eigenvalue weighted by Crippen LogP contribution is 2.54. The molecule has 0 aliphatic heterocycles. The summed E-state index contributed by atoms with van der Waals surface area (Å²) in [5, 5.41) is 0. The molecule has 0 saturated carbocycles. The van der Waals surface area contributed by atoms with E-state index >= 15 is 0 Å². The second-order valence-electron chi connectivity index (χ2n) is 17.0. The number of hydrogen-bond acceptors (Lipinski definition) is 4. The second-order valence-corrected chi connectivity index (χ2v) is 17.0. The van der Waals surface area contributed by atoms with E-state index < -0.39 is 0 Å². The maximum Gasteiger partial charge on any atom is 0.0900 e. The van der Waals surface area contributed by atoms with Gasteiger partial charge in [-0.3, -0.25) is 9.97 Å². The molecule has 3 aromatic carbocycles. The summed E-state index contributed by atoms with van der Waals surface area (Å²) in [5.74, 6) is 0. The van der Waals surface area contributed by atoms with Crippen molar-refractivity contribution >= 4 is 11.4 Å². The largest absolute Gasteiger partial charge is 0.336 e. The quantitative estimate of drug-likeness (QED) is 0.134. The van der Waals surface area contributed by atoms with Crippen molar-refractivity contribution in [2.45, 2.75) is 104 Å². The number of rotatable bonds is 10. The van der Waals surface area contributed by atoms with Gasteiger partial charge in [-0.2, -0.15) is 0 Å². The Morgan fingerprint density at radius 2 is 1.15 bits per heavy atom. The normalized spacial score (nSPS) is 15.2. The fourth-order valence-corrected chi connectivity index (χ4v) is 8.10. The SMILES string of the molecule is CCCCCCC1(C)c2cc(N(c3ccc(-c4cc(-c5ccccn5)nc(-c5ccccn5)c4)cc3)C(C)(C)C)ccc2-c2ccc(C(C)(C)C)cc21. The number of pyridine rings is 3. The predicted octanol–water partition coefficient (Wildman–Crippen LogP) is 13.4. The van der Waals surface area contributed by atoms with E-state index in [2.05, 4.69) is 143 Å². The molecule has 6 aromatic rings. The Bertz CT molecular complexity index is 2130. The van der Waals surface area contributed by atoms with Crippen molar-refractivity contribution in [1.29, 1.82) is 0 Å². The van der Waals surface area contributed by atoms with Crippen LogP contribution < -0.4 is 4.90 Å². The van der Waals surface area contributed by atoms with Crippen LogP contribution in [0.15, 0.2) is 122 Å². The molecule has 4 nitrogen and oxygen atoms in total. The van der Waals surface area contributed by atoms with Crippen molar-refractivity contribution in [2.24, 2.45) is 0 Å². The molecule has 0 fully saturated rings. The molecule has 0 N–H and O–H groups in total. The smallest absolute Gasteiger partial charge is 0.0900 e. The minimum atomic E-state index is -0.160. The molecular formula is C49H54N4.